The maximum atomic E-state index is 12.0. The quantitative estimate of drug-likeness (QED) is 0.699. The third-order valence-electron chi connectivity index (χ3n) is 2.49. The molecule has 0 aliphatic heterocycles. The average Bonchev–Trinajstić information content (AvgIpc) is 2.14. The molecule has 0 radical (unpaired) electrons. The average molecular weight is 255 g/mol. The van der Waals surface area contributed by atoms with E-state index in [1.54, 1.807) is 11.8 Å². The number of nitrogens with zero attached hydrogens (tertiary/aromatic N) is 1. The predicted octanol–water partition coefficient (Wildman–Crippen LogP) is 3.91. The van der Waals surface area contributed by atoms with Crippen LogP contribution in [0.4, 0.5) is 0 Å². The number of nitriles is 1. The largest absolute Gasteiger partial charge is 0.298 e. The van der Waals surface area contributed by atoms with Gasteiger partial charge in [0.05, 0.1) is 6.07 Å². The highest BCUT2D eigenvalue weighted by atomic mass is 32.2. The van der Waals surface area contributed by atoms with Gasteiger partial charge in [-0.25, -0.2) is 0 Å². The van der Waals surface area contributed by atoms with Crippen molar-refractivity contribution in [2.45, 2.75) is 48.0 Å². The van der Waals surface area contributed by atoms with Crippen LogP contribution in [0.25, 0.3) is 0 Å². The van der Waals surface area contributed by atoms with Gasteiger partial charge in [0.1, 0.15) is 5.92 Å². The van der Waals surface area contributed by atoms with Crippen LogP contribution >= 0.6 is 11.8 Å². The van der Waals surface area contributed by atoms with Gasteiger partial charge in [-0.15, -0.1) is 0 Å². The van der Waals surface area contributed by atoms with Crippen LogP contribution < -0.4 is 0 Å². The molecule has 0 saturated heterocycles. The van der Waals surface area contributed by atoms with Crippen LogP contribution in [0, 0.1) is 28.1 Å². The number of ketones is 1. The predicted molar refractivity (Wildman–Crippen MR) is 75.0 cm³/mol. The van der Waals surface area contributed by atoms with Gasteiger partial charge in [-0.1, -0.05) is 41.5 Å². The summed E-state index contributed by atoms with van der Waals surface area (Å²) in [6.45, 7) is 12.2. The van der Waals surface area contributed by atoms with Crippen molar-refractivity contribution in [2.75, 3.05) is 11.5 Å². The van der Waals surface area contributed by atoms with Crippen LogP contribution in [-0.4, -0.2) is 17.3 Å². The molecule has 0 aromatic rings. The van der Waals surface area contributed by atoms with Crippen molar-refractivity contribution in [1.82, 2.24) is 0 Å². The molecule has 0 amide bonds. The number of thioether (sulfide) groups is 1. The highest BCUT2D eigenvalue weighted by Crippen LogP contribution is 2.25. The van der Waals surface area contributed by atoms with Gasteiger partial charge in [0.2, 0.25) is 0 Å². The van der Waals surface area contributed by atoms with Crippen LogP contribution in [0.2, 0.25) is 0 Å². The number of Topliss-reactive ketones (excluding diaryl/α,β-unsaturated/α-hetero) is 1. The van der Waals surface area contributed by atoms with Gasteiger partial charge in [-0.05, 0) is 17.6 Å². The van der Waals surface area contributed by atoms with Crippen LogP contribution in [0.1, 0.15) is 48.0 Å². The summed E-state index contributed by atoms with van der Waals surface area (Å²) >= 11 is 1.71. The number of hydrogen-bond acceptors (Lipinski definition) is 3. The Morgan fingerprint density at radius 1 is 1.24 bits per heavy atom. The van der Waals surface area contributed by atoms with Crippen molar-refractivity contribution in [3.8, 4) is 6.07 Å². The molecule has 0 saturated carbocycles. The first-order valence-corrected chi connectivity index (χ1v) is 7.25. The zero-order chi connectivity index (χ0) is 13.7. The summed E-state index contributed by atoms with van der Waals surface area (Å²) in [5, 5.41) is 9.03. The Labute approximate surface area is 110 Å². The molecule has 0 bridgehead atoms. The second-order valence-corrected chi connectivity index (χ2v) is 7.83. The van der Waals surface area contributed by atoms with Crippen molar-refractivity contribution in [2.24, 2.45) is 16.7 Å². The summed E-state index contributed by atoms with van der Waals surface area (Å²) in [7, 11) is 0. The number of carbonyl (C=O) groups is 1. The van der Waals surface area contributed by atoms with E-state index in [2.05, 4.69) is 26.8 Å². The summed E-state index contributed by atoms with van der Waals surface area (Å²) < 4.78 is 0. The molecule has 1 unspecified atom stereocenters. The van der Waals surface area contributed by atoms with Crippen molar-refractivity contribution in [3.63, 3.8) is 0 Å². The topological polar surface area (TPSA) is 40.9 Å². The van der Waals surface area contributed by atoms with Crippen molar-refractivity contribution in [3.05, 3.63) is 0 Å². The highest BCUT2D eigenvalue weighted by molar-refractivity contribution is 7.99. The van der Waals surface area contributed by atoms with E-state index in [-0.39, 0.29) is 5.78 Å². The fourth-order valence-corrected chi connectivity index (χ4v) is 2.66. The number of rotatable bonds is 5. The van der Waals surface area contributed by atoms with Gasteiger partial charge in [0, 0.05) is 11.2 Å². The molecule has 0 aliphatic rings. The van der Waals surface area contributed by atoms with E-state index in [1.165, 1.54) is 0 Å². The van der Waals surface area contributed by atoms with Gasteiger partial charge in [0.25, 0.3) is 0 Å². The van der Waals surface area contributed by atoms with E-state index < -0.39 is 11.3 Å². The molecule has 0 N–H and O–H groups in total. The van der Waals surface area contributed by atoms with Crippen molar-refractivity contribution >= 4 is 17.5 Å². The SMILES string of the molecule is CC(C)(C)CCSCC(C#N)C(=O)C(C)(C)C. The molecule has 1 atom stereocenters. The lowest BCUT2D eigenvalue weighted by molar-refractivity contribution is -0.128. The van der Waals surface area contributed by atoms with Gasteiger partial charge >= 0.3 is 0 Å². The molecule has 98 valence electrons. The number of hydrogen-bond donors (Lipinski definition) is 0. The zero-order valence-electron chi connectivity index (χ0n) is 12.0. The van der Waals surface area contributed by atoms with Crippen LogP contribution in [0.15, 0.2) is 0 Å². The van der Waals surface area contributed by atoms with E-state index >= 15 is 0 Å². The standard InChI is InChI=1S/C14H25NOS/c1-13(2,3)7-8-17-10-11(9-15)12(16)14(4,5)6/h11H,7-8,10H2,1-6H3. The number of carbonyl (C=O) groups excluding carboxylic acids is 1. The minimum atomic E-state index is -0.458. The van der Waals surface area contributed by atoms with E-state index in [1.807, 2.05) is 20.8 Å². The lowest BCUT2D eigenvalue weighted by Crippen LogP contribution is -2.29. The zero-order valence-corrected chi connectivity index (χ0v) is 12.8. The first kappa shape index (κ1) is 16.5. The normalized spacial score (nSPS) is 14.2. The fourth-order valence-electron chi connectivity index (χ4n) is 1.27. The third kappa shape index (κ3) is 7.44. The molecule has 2 nitrogen and oxygen atoms in total. The molecule has 0 spiro atoms. The van der Waals surface area contributed by atoms with Gasteiger partial charge < -0.3 is 0 Å². The van der Waals surface area contributed by atoms with E-state index in [0.29, 0.717) is 11.2 Å². The minimum absolute atomic E-state index is 0.0586. The smallest absolute Gasteiger partial charge is 0.156 e. The highest BCUT2D eigenvalue weighted by Gasteiger charge is 2.29. The van der Waals surface area contributed by atoms with Crippen LogP contribution in [0.5, 0.6) is 0 Å². The van der Waals surface area contributed by atoms with E-state index in [9.17, 15) is 4.79 Å². The molecule has 0 fully saturated rings. The monoisotopic (exact) mass is 255 g/mol. The minimum Gasteiger partial charge on any atom is -0.298 e. The lowest BCUT2D eigenvalue weighted by Gasteiger charge is -2.21. The Kier molecular flexibility index (Phi) is 6.26. The molecular weight excluding hydrogens is 230 g/mol. The molecule has 0 rings (SSSR count). The summed E-state index contributed by atoms with van der Waals surface area (Å²) in [4.78, 5) is 12.0. The molecular formula is C14H25NOS. The summed E-state index contributed by atoms with van der Waals surface area (Å²) in [5.74, 6) is 1.24. The molecule has 0 aliphatic carbocycles. The Bertz CT molecular complexity index is 291. The van der Waals surface area contributed by atoms with E-state index in [0.717, 1.165) is 12.2 Å². The Hall–Kier alpha value is -0.490. The second kappa shape index (κ2) is 6.44. The lowest BCUT2D eigenvalue weighted by atomic mass is 9.84. The molecule has 17 heavy (non-hydrogen) atoms. The van der Waals surface area contributed by atoms with Gasteiger partial charge in [0.15, 0.2) is 5.78 Å². The summed E-state index contributed by atoms with van der Waals surface area (Å²) in [5.41, 5.74) is -0.0891. The van der Waals surface area contributed by atoms with Crippen molar-refractivity contribution < 1.29 is 4.79 Å². The molecule has 0 heterocycles. The summed E-state index contributed by atoms with van der Waals surface area (Å²) in [6, 6.07) is 2.14. The Morgan fingerprint density at radius 3 is 2.12 bits per heavy atom. The van der Waals surface area contributed by atoms with Crippen LogP contribution in [0.3, 0.4) is 0 Å². The fraction of sp³-hybridized carbons (Fsp3) is 0.857. The van der Waals surface area contributed by atoms with Crippen LogP contribution in [-0.2, 0) is 4.79 Å². The second-order valence-electron chi connectivity index (χ2n) is 6.68. The van der Waals surface area contributed by atoms with Crippen molar-refractivity contribution in [1.29, 1.82) is 5.26 Å². The van der Waals surface area contributed by atoms with Gasteiger partial charge in [-0.2, -0.15) is 17.0 Å². The maximum absolute atomic E-state index is 12.0. The summed E-state index contributed by atoms with van der Waals surface area (Å²) in [6.07, 6.45) is 1.11. The Balaban J connectivity index is 4.10. The molecule has 0 aromatic heterocycles. The third-order valence-corrected chi connectivity index (χ3v) is 3.55. The first-order valence-electron chi connectivity index (χ1n) is 6.09. The van der Waals surface area contributed by atoms with Gasteiger partial charge in [-0.3, -0.25) is 4.79 Å². The molecule has 3 heteroatoms. The molecule has 0 aromatic carbocycles. The maximum Gasteiger partial charge on any atom is 0.156 e. The Morgan fingerprint density at radius 2 is 1.76 bits per heavy atom. The van der Waals surface area contributed by atoms with E-state index in [4.69, 9.17) is 5.26 Å². The first-order chi connectivity index (χ1) is 7.58.